The van der Waals surface area contributed by atoms with Crippen molar-refractivity contribution < 1.29 is 9.90 Å². The number of carbonyl (C=O) groups is 1. The van der Waals surface area contributed by atoms with Crippen molar-refractivity contribution in [2.75, 3.05) is 0 Å². The summed E-state index contributed by atoms with van der Waals surface area (Å²) in [6.45, 7) is 1.94. The first-order valence-electron chi connectivity index (χ1n) is 7.02. The van der Waals surface area contributed by atoms with Crippen molar-refractivity contribution in [2.45, 2.75) is 6.92 Å². The molecule has 0 amide bonds. The summed E-state index contributed by atoms with van der Waals surface area (Å²) in [5, 5.41) is 10.1. The molecule has 3 aromatic rings. The zero-order valence-corrected chi connectivity index (χ0v) is 12.2. The Labute approximate surface area is 128 Å². The molecule has 0 aliphatic heterocycles. The Morgan fingerprint density at radius 3 is 2.45 bits per heavy atom. The lowest BCUT2D eigenvalue weighted by Gasteiger charge is -2.07. The van der Waals surface area contributed by atoms with Gasteiger partial charge in [-0.2, -0.15) is 0 Å². The van der Waals surface area contributed by atoms with E-state index in [9.17, 15) is 9.90 Å². The summed E-state index contributed by atoms with van der Waals surface area (Å²) < 4.78 is 0. The lowest BCUT2D eigenvalue weighted by molar-refractivity contribution is 0.0699. The Bertz CT molecular complexity index is 867. The number of aromatic carboxylic acids is 1. The highest BCUT2D eigenvalue weighted by molar-refractivity contribution is 6.03. The van der Waals surface area contributed by atoms with Crippen molar-refractivity contribution in [1.29, 1.82) is 0 Å². The number of benzene rings is 2. The van der Waals surface area contributed by atoms with Gasteiger partial charge < -0.3 is 5.11 Å². The molecule has 0 saturated heterocycles. The molecule has 0 spiro atoms. The van der Waals surface area contributed by atoms with Crippen LogP contribution in [0.15, 0.2) is 60.7 Å². The number of hydrogen-bond donors (Lipinski definition) is 1. The van der Waals surface area contributed by atoms with E-state index in [1.165, 1.54) is 0 Å². The fourth-order valence-electron chi connectivity index (χ4n) is 2.43. The van der Waals surface area contributed by atoms with Gasteiger partial charge in [0.05, 0.1) is 16.8 Å². The number of carboxylic acids is 1. The standard InChI is InChI=1S/C19H15NO2/c1-13(11-14-7-3-2-4-8-14)18-12-16(19(21)22)15-9-5-6-10-17(15)20-18/h2-12H,1H3,(H,21,22)/b13-11+. The molecule has 0 radical (unpaired) electrons. The van der Waals surface area contributed by atoms with Crippen LogP contribution in [0.3, 0.4) is 0 Å². The lowest BCUT2D eigenvalue weighted by Crippen LogP contribution is -2.01. The maximum absolute atomic E-state index is 11.5. The van der Waals surface area contributed by atoms with E-state index in [-0.39, 0.29) is 5.56 Å². The molecular formula is C19H15NO2. The summed E-state index contributed by atoms with van der Waals surface area (Å²) in [5.74, 6) is -0.938. The number of carboxylic acid groups (broad SMARTS) is 1. The first kappa shape index (κ1) is 14.0. The van der Waals surface area contributed by atoms with Crippen LogP contribution in [0.2, 0.25) is 0 Å². The minimum absolute atomic E-state index is 0.279. The van der Waals surface area contributed by atoms with E-state index >= 15 is 0 Å². The molecule has 2 aromatic carbocycles. The largest absolute Gasteiger partial charge is 0.478 e. The third-order valence-corrected chi connectivity index (χ3v) is 3.53. The van der Waals surface area contributed by atoms with Crippen LogP contribution in [0.25, 0.3) is 22.6 Å². The number of hydrogen-bond acceptors (Lipinski definition) is 2. The lowest BCUT2D eigenvalue weighted by atomic mass is 10.0. The summed E-state index contributed by atoms with van der Waals surface area (Å²) in [4.78, 5) is 16.1. The van der Waals surface area contributed by atoms with Gasteiger partial charge in [0.15, 0.2) is 0 Å². The molecular weight excluding hydrogens is 274 g/mol. The van der Waals surface area contributed by atoms with Crippen LogP contribution < -0.4 is 0 Å². The van der Waals surface area contributed by atoms with E-state index in [0.717, 1.165) is 11.1 Å². The fourth-order valence-corrected chi connectivity index (χ4v) is 2.43. The minimum Gasteiger partial charge on any atom is -0.478 e. The van der Waals surface area contributed by atoms with Crippen LogP contribution in [0, 0.1) is 0 Å². The number of nitrogens with zero attached hydrogens (tertiary/aromatic N) is 1. The molecule has 3 rings (SSSR count). The number of rotatable bonds is 3. The molecule has 1 N–H and O–H groups in total. The van der Waals surface area contributed by atoms with Gasteiger partial charge in [-0.05, 0) is 36.3 Å². The quantitative estimate of drug-likeness (QED) is 0.772. The summed E-state index contributed by atoms with van der Waals surface area (Å²) in [6.07, 6.45) is 2.00. The van der Waals surface area contributed by atoms with Crippen LogP contribution in [0.4, 0.5) is 0 Å². The van der Waals surface area contributed by atoms with E-state index in [4.69, 9.17) is 0 Å². The molecule has 0 unspecified atom stereocenters. The highest BCUT2D eigenvalue weighted by Crippen LogP contribution is 2.23. The van der Waals surface area contributed by atoms with Gasteiger partial charge in [0.25, 0.3) is 0 Å². The molecule has 0 bridgehead atoms. The van der Waals surface area contributed by atoms with Gasteiger partial charge in [0, 0.05) is 5.39 Å². The molecule has 108 valence electrons. The number of pyridine rings is 1. The Hall–Kier alpha value is -2.94. The molecule has 3 heteroatoms. The zero-order chi connectivity index (χ0) is 15.5. The van der Waals surface area contributed by atoms with Gasteiger partial charge in [-0.15, -0.1) is 0 Å². The maximum Gasteiger partial charge on any atom is 0.336 e. The number of aromatic nitrogens is 1. The number of allylic oxidation sites excluding steroid dienone is 1. The van der Waals surface area contributed by atoms with Gasteiger partial charge >= 0.3 is 5.97 Å². The Balaban J connectivity index is 2.15. The smallest absolute Gasteiger partial charge is 0.336 e. The van der Waals surface area contributed by atoms with Crippen molar-refractivity contribution >= 4 is 28.5 Å². The van der Waals surface area contributed by atoms with E-state index in [1.807, 2.05) is 61.5 Å². The van der Waals surface area contributed by atoms with Crippen LogP contribution in [0.5, 0.6) is 0 Å². The molecule has 0 atom stereocenters. The van der Waals surface area contributed by atoms with Crippen molar-refractivity contribution in [3.63, 3.8) is 0 Å². The molecule has 22 heavy (non-hydrogen) atoms. The predicted octanol–water partition coefficient (Wildman–Crippen LogP) is 4.49. The van der Waals surface area contributed by atoms with Crippen LogP contribution in [-0.2, 0) is 0 Å². The molecule has 0 fully saturated rings. The predicted molar refractivity (Wildman–Crippen MR) is 88.7 cm³/mol. The Morgan fingerprint density at radius 2 is 1.73 bits per heavy atom. The summed E-state index contributed by atoms with van der Waals surface area (Å²) in [7, 11) is 0. The zero-order valence-electron chi connectivity index (χ0n) is 12.2. The van der Waals surface area contributed by atoms with Gasteiger partial charge in [0.1, 0.15) is 0 Å². The van der Waals surface area contributed by atoms with Gasteiger partial charge in [-0.1, -0.05) is 48.5 Å². The molecule has 0 aliphatic carbocycles. The van der Waals surface area contributed by atoms with Crippen molar-refractivity contribution in [3.05, 3.63) is 77.5 Å². The van der Waals surface area contributed by atoms with E-state index in [0.29, 0.717) is 16.6 Å². The second kappa shape index (κ2) is 5.82. The summed E-state index contributed by atoms with van der Waals surface area (Å²) >= 11 is 0. The van der Waals surface area contributed by atoms with Crippen LogP contribution >= 0.6 is 0 Å². The second-order valence-electron chi connectivity index (χ2n) is 5.12. The Kier molecular flexibility index (Phi) is 3.71. The highest BCUT2D eigenvalue weighted by Gasteiger charge is 2.12. The van der Waals surface area contributed by atoms with Crippen LogP contribution in [-0.4, -0.2) is 16.1 Å². The molecule has 1 aromatic heterocycles. The third kappa shape index (κ3) is 2.74. The highest BCUT2D eigenvalue weighted by atomic mass is 16.4. The average molecular weight is 289 g/mol. The topological polar surface area (TPSA) is 50.2 Å². The second-order valence-corrected chi connectivity index (χ2v) is 5.12. The third-order valence-electron chi connectivity index (χ3n) is 3.53. The van der Waals surface area contributed by atoms with Gasteiger partial charge in [-0.3, -0.25) is 0 Å². The summed E-state index contributed by atoms with van der Waals surface area (Å²) in [6, 6.07) is 18.8. The van der Waals surface area contributed by atoms with E-state index < -0.39 is 5.97 Å². The summed E-state index contributed by atoms with van der Waals surface area (Å²) in [5.41, 5.74) is 3.64. The fraction of sp³-hybridized carbons (Fsp3) is 0.0526. The SMILES string of the molecule is C/C(=C\c1ccccc1)c1cc(C(=O)O)c2ccccc2n1. The number of para-hydroxylation sites is 1. The van der Waals surface area contributed by atoms with Gasteiger partial charge in [0.2, 0.25) is 0 Å². The van der Waals surface area contributed by atoms with Crippen molar-refractivity contribution in [1.82, 2.24) is 4.98 Å². The van der Waals surface area contributed by atoms with E-state index in [2.05, 4.69) is 4.98 Å². The van der Waals surface area contributed by atoms with Gasteiger partial charge in [-0.25, -0.2) is 9.78 Å². The number of fused-ring (bicyclic) bond motifs is 1. The van der Waals surface area contributed by atoms with E-state index in [1.54, 1.807) is 12.1 Å². The molecule has 1 heterocycles. The minimum atomic E-state index is -0.938. The van der Waals surface area contributed by atoms with Crippen molar-refractivity contribution in [2.24, 2.45) is 0 Å². The van der Waals surface area contributed by atoms with Crippen LogP contribution in [0.1, 0.15) is 28.5 Å². The monoisotopic (exact) mass is 289 g/mol. The average Bonchev–Trinajstić information content (AvgIpc) is 2.54. The molecule has 3 nitrogen and oxygen atoms in total. The Morgan fingerprint density at radius 1 is 1.05 bits per heavy atom. The normalized spacial score (nSPS) is 11.6. The molecule has 0 saturated carbocycles. The van der Waals surface area contributed by atoms with Crippen molar-refractivity contribution in [3.8, 4) is 0 Å². The molecule has 0 aliphatic rings. The maximum atomic E-state index is 11.5. The first-order valence-corrected chi connectivity index (χ1v) is 7.02. The first-order chi connectivity index (χ1) is 10.6.